The lowest BCUT2D eigenvalue weighted by molar-refractivity contribution is -0.127. The highest BCUT2D eigenvalue weighted by Gasteiger charge is 2.09. The first kappa shape index (κ1) is 14.7. The van der Waals surface area contributed by atoms with Crippen LogP contribution in [0.3, 0.4) is 0 Å². The first-order valence-corrected chi connectivity index (χ1v) is 6.31. The number of carbonyl (C=O) groups is 1. The molecule has 0 atom stereocenters. The highest BCUT2D eigenvalue weighted by molar-refractivity contribution is 7.80. The van der Waals surface area contributed by atoms with Crippen LogP contribution in [0, 0.1) is 0 Å². The molecule has 0 radical (unpaired) electrons. The zero-order valence-electron chi connectivity index (χ0n) is 10.4. The summed E-state index contributed by atoms with van der Waals surface area (Å²) in [6, 6.07) is 5.15. The fourth-order valence-corrected chi connectivity index (χ4v) is 1.71. The van der Waals surface area contributed by atoms with Crippen molar-refractivity contribution in [2.24, 2.45) is 5.73 Å². The van der Waals surface area contributed by atoms with Crippen molar-refractivity contribution in [3.8, 4) is 0 Å². The van der Waals surface area contributed by atoms with E-state index in [1.807, 2.05) is 6.92 Å². The summed E-state index contributed by atoms with van der Waals surface area (Å²) in [7, 11) is 1.75. The van der Waals surface area contributed by atoms with Crippen LogP contribution in [0.4, 0.5) is 5.69 Å². The van der Waals surface area contributed by atoms with Crippen molar-refractivity contribution in [1.82, 2.24) is 4.90 Å². The van der Waals surface area contributed by atoms with Gasteiger partial charge in [0.1, 0.15) is 4.99 Å². The molecule has 0 bridgehead atoms. The molecule has 0 heterocycles. The van der Waals surface area contributed by atoms with Crippen LogP contribution in [-0.4, -0.2) is 35.9 Å². The first-order valence-electron chi connectivity index (χ1n) is 5.53. The van der Waals surface area contributed by atoms with Gasteiger partial charge < -0.3 is 16.0 Å². The standard InChI is InChI=1S/C12H16ClN3OS/c1-3-16(2)11(17)7-15-10-6-8(13)4-5-9(10)12(14)18/h4-6,15H,3,7H2,1-2H3,(H2,14,18). The number of carbonyl (C=O) groups excluding carboxylic acids is 1. The normalized spacial score (nSPS) is 9.94. The minimum atomic E-state index is -0.00800. The van der Waals surface area contributed by atoms with E-state index in [9.17, 15) is 4.79 Å². The molecule has 1 aromatic carbocycles. The number of nitrogens with one attached hydrogen (secondary N) is 1. The van der Waals surface area contributed by atoms with Gasteiger partial charge in [0.05, 0.1) is 6.54 Å². The molecule has 0 aromatic heterocycles. The van der Waals surface area contributed by atoms with Gasteiger partial charge in [-0.2, -0.15) is 0 Å². The van der Waals surface area contributed by atoms with E-state index < -0.39 is 0 Å². The number of thiocarbonyl (C=S) groups is 1. The zero-order valence-corrected chi connectivity index (χ0v) is 11.9. The van der Waals surface area contributed by atoms with Crippen molar-refractivity contribution >= 4 is 40.4 Å². The summed E-state index contributed by atoms with van der Waals surface area (Å²) in [6.07, 6.45) is 0. The number of hydrogen-bond donors (Lipinski definition) is 2. The van der Waals surface area contributed by atoms with Gasteiger partial charge in [0, 0.05) is 29.9 Å². The third kappa shape index (κ3) is 3.85. The molecule has 0 aliphatic carbocycles. The lowest BCUT2D eigenvalue weighted by Gasteiger charge is -2.16. The molecule has 4 nitrogen and oxygen atoms in total. The number of amides is 1. The number of nitrogens with two attached hydrogens (primary N) is 1. The van der Waals surface area contributed by atoms with Crippen molar-refractivity contribution in [3.63, 3.8) is 0 Å². The van der Waals surface area contributed by atoms with Crippen molar-refractivity contribution in [3.05, 3.63) is 28.8 Å². The van der Waals surface area contributed by atoms with Crippen molar-refractivity contribution < 1.29 is 4.79 Å². The predicted octanol–water partition coefficient (Wildman–Crippen LogP) is 1.86. The third-order valence-corrected chi connectivity index (χ3v) is 3.03. The number of likely N-dealkylation sites (N-methyl/N-ethyl adjacent to an activating group) is 1. The van der Waals surface area contributed by atoms with Gasteiger partial charge in [-0.15, -0.1) is 0 Å². The van der Waals surface area contributed by atoms with Crippen molar-refractivity contribution in [2.75, 3.05) is 25.5 Å². The maximum atomic E-state index is 11.7. The second kappa shape index (κ2) is 6.56. The van der Waals surface area contributed by atoms with E-state index in [1.165, 1.54) is 0 Å². The SMILES string of the molecule is CCN(C)C(=O)CNc1cc(Cl)ccc1C(N)=S. The number of benzene rings is 1. The second-order valence-electron chi connectivity index (χ2n) is 3.82. The summed E-state index contributed by atoms with van der Waals surface area (Å²) in [4.78, 5) is 13.6. The number of halogens is 1. The van der Waals surface area contributed by atoms with E-state index in [0.29, 0.717) is 22.8 Å². The highest BCUT2D eigenvalue weighted by Crippen LogP contribution is 2.20. The minimum absolute atomic E-state index is 0.00800. The lowest BCUT2D eigenvalue weighted by Crippen LogP contribution is -2.32. The molecule has 18 heavy (non-hydrogen) atoms. The molecule has 98 valence electrons. The average Bonchev–Trinajstić information content (AvgIpc) is 2.34. The Morgan fingerprint density at radius 1 is 1.56 bits per heavy atom. The molecule has 0 saturated carbocycles. The van der Waals surface area contributed by atoms with E-state index in [2.05, 4.69) is 5.32 Å². The van der Waals surface area contributed by atoms with Gasteiger partial charge in [-0.1, -0.05) is 23.8 Å². The molecule has 3 N–H and O–H groups in total. The van der Waals surface area contributed by atoms with Crippen LogP contribution in [0.25, 0.3) is 0 Å². The largest absolute Gasteiger partial charge is 0.389 e. The van der Waals surface area contributed by atoms with Crippen LogP contribution in [0.1, 0.15) is 12.5 Å². The molecule has 1 rings (SSSR count). The van der Waals surface area contributed by atoms with Gasteiger partial charge in [-0.25, -0.2) is 0 Å². The number of rotatable bonds is 5. The molecule has 0 saturated heterocycles. The second-order valence-corrected chi connectivity index (χ2v) is 4.69. The van der Waals surface area contributed by atoms with E-state index in [1.54, 1.807) is 30.1 Å². The maximum Gasteiger partial charge on any atom is 0.241 e. The molecular weight excluding hydrogens is 270 g/mol. The summed E-state index contributed by atoms with van der Waals surface area (Å²) < 4.78 is 0. The van der Waals surface area contributed by atoms with Crippen LogP contribution in [0.2, 0.25) is 5.02 Å². The van der Waals surface area contributed by atoms with Gasteiger partial charge in [-0.05, 0) is 25.1 Å². The van der Waals surface area contributed by atoms with Gasteiger partial charge in [0.25, 0.3) is 0 Å². The Labute approximate surface area is 117 Å². The minimum Gasteiger partial charge on any atom is -0.389 e. The Morgan fingerprint density at radius 2 is 2.22 bits per heavy atom. The number of nitrogens with zero attached hydrogens (tertiary/aromatic N) is 1. The van der Waals surface area contributed by atoms with Crippen molar-refractivity contribution in [1.29, 1.82) is 0 Å². The average molecular weight is 286 g/mol. The Hall–Kier alpha value is -1.33. The molecule has 0 fully saturated rings. The quantitative estimate of drug-likeness (QED) is 0.811. The summed E-state index contributed by atoms with van der Waals surface area (Å²) in [5.41, 5.74) is 6.97. The van der Waals surface area contributed by atoms with Gasteiger partial charge in [0.15, 0.2) is 0 Å². The summed E-state index contributed by atoms with van der Waals surface area (Å²) >= 11 is 10.9. The van der Waals surface area contributed by atoms with Crippen LogP contribution < -0.4 is 11.1 Å². The van der Waals surface area contributed by atoms with Gasteiger partial charge in [-0.3, -0.25) is 4.79 Å². The topological polar surface area (TPSA) is 58.4 Å². The molecule has 1 aromatic rings. The number of hydrogen-bond acceptors (Lipinski definition) is 3. The van der Waals surface area contributed by atoms with Crippen LogP contribution in [-0.2, 0) is 4.79 Å². The number of anilines is 1. The summed E-state index contributed by atoms with van der Waals surface area (Å²) in [6.45, 7) is 2.76. The predicted molar refractivity (Wildman–Crippen MR) is 79.1 cm³/mol. The highest BCUT2D eigenvalue weighted by atomic mass is 35.5. The van der Waals surface area contributed by atoms with Crippen LogP contribution >= 0.6 is 23.8 Å². The smallest absolute Gasteiger partial charge is 0.241 e. The Balaban J connectivity index is 2.81. The fraction of sp³-hybridized carbons (Fsp3) is 0.333. The van der Waals surface area contributed by atoms with Crippen LogP contribution in [0.15, 0.2) is 18.2 Å². The zero-order chi connectivity index (χ0) is 13.7. The molecule has 6 heteroatoms. The van der Waals surface area contributed by atoms with E-state index >= 15 is 0 Å². The summed E-state index contributed by atoms with van der Waals surface area (Å²) in [5, 5.41) is 3.57. The summed E-state index contributed by atoms with van der Waals surface area (Å²) in [5.74, 6) is -0.00800. The molecule has 0 aliphatic heterocycles. The monoisotopic (exact) mass is 285 g/mol. The molecule has 0 unspecified atom stereocenters. The third-order valence-electron chi connectivity index (χ3n) is 2.58. The first-order chi connectivity index (χ1) is 8.45. The van der Waals surface area contributed by atoms with E-state index in [-0.39, 0.29) is 17.4 Å². The molecule has 0 spiro atoms. The molecular formula is C12H16ClN3OS. The van der Waals surface area contributed by atoms with Gasteiger partial charge in [0.2, 0.25) is 5.91 Å². The molecule has 1 amide bonds. The van der Waals surface area contributed by atoms with Gasteiger partial charge >= 0.3 is 0 Å². The fourth-order valence-electron chi connectivity index (χ4n) is 1.36. The lowest BCUT2D eigenvalue weighted by atomic mass is 10.1. The Kier molecular flexibility index (Phi) is 5.37. The Morgan fingerprint density at radius 3 is 2.78 bits per heavy atom. The van der Waals surface area contributed by atoms with Crippen molar-refractivity contribution in [2.45, 2.75) is 6.92 Å². The Bertz CT molecular complexity index is 465. The molecule has 0 aliphatic rings. The maximum absolute atomic E-state index is 11.7. The van der Waals surface area contributed by atoms with E-state index in [4.69, 9.17) is 29.6 Å². The van der Waals surface area contributed by atoms with E-state index in [0.717, 1.165) is 0 Å². The van der Waals surface area contributed by atoms with Crippen LogP contribution in [0.5, 0.6) is 0 Å².